The minimum Gasteiger partial charge on any atom is -0.497 e. The molecule has 0 bridgehead atoms. The number of likely N-dealkylation sites (N-methyl/N-ethyl adjacent to an activating group) is 1. The van der Waals surface area contributed by atoms with Crippen LogP contribution in [-0.4, -0.2) is 41.7 Å². The molecule has 1 heterocycles. The summed E-state index contributed by atoms with van der Waals surface area (Å²) in [4.78, 5) is 18.7. The van der Waals surface area contributed by atoms with Crippen molar-refractivity contribution in [3.8, 4) is 34.3 Å². The zero-order valence-corrected chi connectivity index (χ0v) is 17.9. The lowest BCUT2D eigenvalue weighted by atomic mass is 10.2. The molecule has 7 nitrogen and oxygen atoms in total. The lowest BCUT2D eigenvalue weighted by Crippen LogP contribution is -2.31. The van der Waals surface area contributed by atoms with Gasteiger partial charge in [0.05, 0.1) is 12.7 Å². The van der Waals surface area contributed by atoms with Crippen molar-refractivity contribution < 1.29 is 18.8 Å². The monoisotopic (exact) mass is 429 g/mol. The Hall–Kier alpha value is -4.13. The molecule has 0 saturated heterocycles. The summed E-state index contributed by atoms with van der Waals surface area (Å²) in [7, 11) is 3.37. The number of rotatable bonds is 8. The maximum absolute atomic E-state index is 12.5. The van der Waals surface area contributed by atoms with Crippen LogP contribution in [-0.2, 0) is 11.3 Å². The summed E-state index contributed by atoms with van der Waals surface area (Å²) in [6, 6.07) is 24.5. The van der Waals surface area contributed by atoms with Crippen molar-refractivity contribution in [1.29, 1.82) is 0 Å². The van der Waals surface area contributed by atoms with Gasteiger partial charge in [0.15, 0.2) is 6.61 Å². The summed E-state index contributed by atoms with van der Waals surface area (Å²) in [6.45, 7) is 0.416. The van der Waals surface area contributed by atoms with Crippen LogP contribution < -0.4 is 9.47 Å². The molecule has 0 aliphatic heterocycles. The highest BCUT2D eigenvalue weighted by Gasteiger charge is 2.17. The Morgan fingerprint density at radius 2 is 1.69 bits per heavy atom. The van der Waals surface area contributed by atoms with E-state index in [2.05, 4.69) is 10.1 Å². The summed E-state index contributed by atoms with van der Waals surface area (Å²) in [5, 5.41) is 4.07. The van der Waals surface area contributed by atoms with Gasteiger partial charge in [-0.3, -0.25) is 4.79 Å². The fraction of sp³-hybridized carbons (Fsp3) is 0.160. The summed E-state index contributed by atoms with van der Waals surface area (Å²) in [5.41, 5.74) is 2.48. The summed E-state index contributed by atoms with van der Waals surface area (Å²) in [6.07, 6.45) is 0. The first-order valence-electron chi connectivity index (χ1n) is 10.1. The van der Waals surface area contributed by atoms with Crippen LogP contribution in [0.2, 0.25) is 0 Å². The van der Waals surface area contributed by atoms with E-state index in [1.807, 2.05) is 72.8 Å². The van der Waals surface area contributed by atoms with Crippen molar-refractivity contribution in [2.24, 2.45) is 0 Å². The molecule has 32 heavy (non-hydrogen) atoms. The second kappa shape index (κ2) is 9.78. The number of aromatic nitrogens is 2. The van der Waals surface area contributed by atoms with E-state index < -0.39 is 0 Å². The van der Waals surface area contributed by atoms with Gasteiger partial charge in [-0.1, -0.05) is 47.6 Å². The van der Waals surface area contributed by atoms with Crippen LogP contribution in [0.15, 0.2) is 83.4 Å². The number of hydrogen-bond acceptors (Lipinski definition) is 6. The van der Waals surface area contributed by atoms with Gasteiger partial charge in [0.1, 0.15) is 11.5 Å². The van der Waals surface area contributed by atoms with Crippen molar-refractivity contribution in [3.05, 3.63) is 84.4 Å². The number of carbonyl (C=O) groups is 1. The quantitative estimate of drug-likeness (QED) is 0.412. The molecule has 0 fully saturated rings. The Kier molecular flexibility index (Phi) is 6.46. The zero-order chi connectivity index (χ0) is 22.3. The smallest absolute Gasteiger partial charge is 0.262 e. The zero-order valence-electron chi connectivity index (χ0n) is 17.9. The molecule has 7 heteroatoms. The topological polar surface area (TPSA) is 77.7 Å². The van der Waals surface area contributed by atoms with E-state index in [1.165, 1.54) is 0 Å². The van der Waals surface area contributed by atoms with Crippen LogP contribution in [0.3, 0.4) is 0 Å². The number of amides is 1. The van der Waals surface area contributed by atoms with Crippen LogP contribution in [0.5, 0.6) is 11.5 Å². The average molecular weight is 429 g/mol. The Labute approximate surface area is 186 Å². The maximum atomic E-state index is 12.5. The van der Waals surface area contributed by atoms with Gasteiger partial charge < -0.3 is 18.9 Å². The molecule has 0 spiro atoms. The van der Waals surface area contributed by atoms with Crippen LogP contribution in [0.4, 0.5) is 0 Å². The number of methoxy groups -OCH3 is 1. The SMILES string of the molecule is COc1ccc(-c2noc(-c3ccccc3OCC(=O)N(C)Cc3ccccc3)n2)cc1. The Morgan fingerprint density at radius 1 is 0.969 bits per heavy atom. The molecule has 0 aliphatic rings. The first-order chi connectivity index (χ1) is 15.6. The molecule has 0 saturated carbocycles. The molecule has 0 aliphatic carbocycles. The molecule has 0 atom stereocenters. The maximum Gasteiger partial charge on any atom is 0.262 e. The first-order valence-corrected chi connectivity index (χ1v) is 10.1. The highest BCUT2D eigenvalue weighted by Crippen LogP contribution is 2.30. The Morgan fingerprint density at radius 3 is 2.44 bits per heavy atom. The standard InChI is InChI=1S/C25H23N3O4/c1-28(16-18-8-4-3-5-9-18)23(29)17-31-22-11-7-6-10-21(22)25-26-24(27-32-25)19-12-14-20(30-2)15-13-19/h3-15H,16-17H2,1-2H3. The molecular formula is C25H23N3O4. The van der Waals surface area contributed by atoms with E-state index in [1.54, 1.807) is 25.1 Å². The van der Waals surface area contributed by atoms with Crippen molar-refractivity contribution in [2.75, 3.05) is 20.8 Å². The number of carbonyl (C=O) groups excluding carboxylic acids is 1. The summed E-state index contributed by atoms with van der Waals surface area (Å²) < 4.78 is 16.5. The van der Waals surface area contributed by atoms with Crippen molar-refractivity contribution >= 4 is 5.91 Å². The van der Waals surface area contributed by atoms with Crippen LogP contribution in [0.25, 0.3) is 22.8 Å². The van der Waals surface area contributed by atoms with Gasteiger partial charge in [-0.15, -0.1) is 0 Å². The molecule has 0 N–H and O–H groups in total. The van der Waals surface area contributed by atoms with E-state index in [9.17, 15) is 4.79 Å². The van der Waals surface area contributed by atoms with Gasteiger partial charge in [-0.25, -0.2) is 0 Å². The molecule has 3 aromatic carbocycles. The fourth-order valence-electron chi connectivity index (χ4n) is 3.15. The predicted molar refractivity (Wildman–Crippen MR) is 120 cm³/mol. The van der Waals surface area contributed by atoms with Crippen LogP contribution in [0, 0.1) is 0 Å². The van der Waals surface area contributed by atoms with Crippen molar-refractivity contribution in [3.63, 3.8) is 0 Å². The third-order valence-electron chi connectivity index (χ3n) is 4.93. The second-order valence-corrected chi connectivity index (χ2v) is 7.17. The minimum atomic E-state index is -0.131. The molecular weight excluding hydrogens is 406 g/mol. The van der Waals surface area contributed by atoms with Gasteiger partial charge in [-0.2, -0.15) is 4.98 Å². The fourth-order valence-corrected chi connectivity index (χ4v) is 3.15. The molecule has 0 unspecified atom stereocenters. The number of benzene rings is 3. The van der Waals surface area contributed by atoms with Gasteiger partial charge in [0, 0.05) is 19.2 Å². The van der Waals surface area contributed by atoms with E-state index in [-0.39, 0.29) is 12.5 Å². The summed E-state index contributed by atoms with van der Waals surface area (Å²) >= 11 is 0. The molecule has 4 aromatic rings. The first kappa shape index (κ1) is 21.1. The van der Waals surface area contributed by atoms with E-state index in [0.717, 1.165) is 16.9 Å². The molecule has 1 amide bonds. The van der Waals surface area contributed by atoms with E-state index >= 15 is 0 Å². The highest BCUT2D eigenvalue weighted by molar-refractivity contribution is 5.78. The van der Waals surface area contributed by atoms with E-state index in [0.29, 0.717) is 29.6 Å². The van der Waals surface area contributed by atoms with Gasteiger partial charge in [0.2, 0.25) is 5.82 Å². The minimum absolute atomic E-state index is 0.0974. The normalized spacial score (nSPS) is 10.6. The number of para-hydroxylation sites is 1. The summed E-state index contributed by atoms with van der Waals surface area (Å²) in [5.74, 6) is 1.89. The van der Waals surface area contributed by atoms with Crippen LogP contribution >= 0.6 is 0 Å². The third kappa shape index (κ3) is 4.95. The third-order valence-corrected chi connectivity index (χ3v) is 4.93. The molecule has 1 aromatic heterocycles. The van der Waals surface area contributed by atoms with Crippen LogP contribution in [0.1, 0.15) is 5.56 Å². The molecule has 162 valence electrons. The van der Waals surface area contributed by atoms with Gasteiger partial charge >= 0.3 is 0 Å². The Balaban J connectivity index is 1.45. The lowest BCUT2D eigenvalue weighted by molar-refractivity contribution is -0.132. The highest BCUT2D eigenvalue weighted by atomic mass is 16.5. The number of hydrogen-bond donors (Lipinski definition) is 0. The van der Waals surface area contributed by atoms with Crippen molar-refractivity contribution in [1.82, 2.24) is 15.0 Å². The molecule has 0 radical (unpaired) electrons. The largest absolute Gasteiger partial charge is 0.497 e. The molecule has 4 rings (SSSR count). The Bertz CT molecular complexity index is 1170. The second-order valence-electron chi connectivity index (χ2n) is 7.17. The number of ether oxygens (including phenoxy) is 2. The van der Waals surface area contributed by atoms with Crippen molar-refractivity contribution in [2.45, 2.75) is 6.54 Å². The van der Waals surface area contributed by atoms with E-state index in [4.69, 9.17) is 14.0 Å². The van der Waals surface area contributed by atoms with Gasteiger partial charge in [0.25, 0.3) is 11.8 Å². The van der Waals surface area contributed by atoms with Gasteiger partial charge in [-0.05, 0) is 42.0 Å². The predicted octanol–water partition coefficient (Wildman–Crippen LogP) is 4.45. The number of nitrogens with zero attached hydrogens (tertiary/aromatic N) is 3. The average Bonchev–Trinajstić information content (AvgIpc) is 3.33. The lowest BCUT2D eigenvalue weighted by Gasteiger charge is -2.18.